The van der Waals surface area contributed by atoms with Gasteiger partial charge < -0.3 is 4.74 Å². The van der Waals surface area contributed by atoms with Crippen LogP contribution in [0, 0.1) is 0 Å². The Labute approximate surface area is 87.2 Å². The van der Waals surface area contributed by atoms with Crippen LogP contribution in [0.5, 0.6) is 0 Å². The van der Waals surface area contributed by atoms with Crippen LogP contribution in [0.2, 0.25) is 0 Å². The normalized spacial score (nSPS) is 10.4. The van der Waals surface area contributed by atoms with Gasteiger partial charge in [-0.05, 0) is 5.56 Å². The highest BCUT2D eigenvalue weighted by molar-refractivity contribution is 7.13. The van der Waals surface area contributed by atoms with Gasteiger partial charge in [-0.1, -0.05) is 24.3 Å². The maximum atomic E-state index is 5.05. The summed E-state index contributed by atoms with van der Waals surface area (Å²) in [6, 6.07) is 8.29. The van der Waals surface area contributed by atoms with Crippen molar-refractivity contribution in [2.75, 3.05) is 7.11 Å². The molecule has 0 aliphatic carbocycles. The first-order valence-corrected chi connectivity index (χ1v) is 5.26. The van der Waals surface area contributed by atoms with E-state index in [0.29, 0.717) is 6.61 Å². The zero-order chi connectivity index (χ0) is 9.80. The van der Waals surface area contributed by atoms with Gasteiger partial charge >= 0.3 is 0 Å². The predicted octanol–water partition coefficient (Wildman–Crippen LogP) is 2.96. The van der Waals surface area contributed by atoms with Crippen LogP contribution in [0.15, 0.2) is 35.8 Å². The van der Waals surface area contributed by atoms with E-state index in [0.717, 1.165) is 5.01 Å². The highest BCUT2D eigenvalue weighted by atomic mass is 32.1. The summed E-state index contributed by atoms with van der Waals surface area (Å²) in [6.45, 7) is 0.665. The van der Waals surface area contributed by atoms with Crippen molar-refractivity contribution in [1.82, 2.24) is 4.98 Å². The Kier molecular flexibility index (Phi) is 2.91. The molecule has 1 aromatic carbocycles. The largest absolute Gasteiger partial charge is 0.380 e. The maximum Gasteiger partial charge on any atom is 0.123 e. The van der Waals surface area contributed by atoms with Gasteiger partial charge in [0.05, 0.1) is 6.61 Å². The lowest BCUT2D eigenvalue weighted by molar-refractivity contribution is 0.185. The van der Waals surface area contributed by atoms with Crippen LogP contribution in [-0.4, -0.2) is 12.1 Å². The summed E-state index contributed by atoms with van der Waals surface area (Å²) in [5.41, 5.74) is 2.35. The second-order valence-corrected chi connectivity index (χ2v) is 3.86. The molecule has 0 amide bonds. The van der Waals surface area contributed by atoms with Gasteiger partial charge in [0.1, 0.15) is 5.01 Å². The van der Waals surface area contributed by atoms with Crippen LogP contribution >= 0.6 is 11.3 Å². The smallest absolute Gasteiger partial charge is 0.123 e. The first kappa shape index (κ1) is 9.37. The third-order valence-corrected chi connectivity index (χ3v) is 2.77. The van der Waals surface area contributed by atoms with E-state index in [2.05, 4.69) is 29.2 Å². The molecule has 72 valence electrons. The molecule has 3 heteroatoms. The molecule has 0 atom stereocenters. The SMILES string of the molecule is COCc1ccc(-c2nccs2)cc1. The van der Waals surface area contributed by atoms with E-state index in [1.807, 2.05) is 11.6 Å². The fourth-order valence-corrected chi connectivity index (χ4v) is 1.92. The van der Waals surface area contributed by atoms with Gasteiger partial charge in [0.15, 0.2) is 0 Å². The average molecular weight is 205 g/mol. The number of ether oxygens (including phenoxy) is 1. The molecule has 1 heterocycles. The quantitative estimate of drug-likeness (QED) is 0.768. The number of aromatic nitrogens is 1. The van der Waals surface area contributed by atoms with E-state index in [9.17, 15) is 0 Å². The fourth-order valence-electron chi connectivity index (χ4n) is 1.28. The van der Waals surface area contributed by atoms with Crippen LogP contribution in [0.3, 0.4) is 0 Å². The van der Waals surface area contributed by atoms with Gasteiger partial charge in [-0.25, -0.2) is 4.98 Å². The number of benzene rings is 1. The molecule has 0 aliphatic rings. The number of nitrogens with zero attached hydrogens (tertiary/aromatic N) is 1. The molecule has 1 aromatic heterocycles. The van der Waals surface area contributed by atoms with Gasteiger partial charge in [-0.3, -0.25) is 0 Å². The minimum Gasteiger partial charge on any atom is -0.380 e. The second-order valence-electron chi connectivity index (χ2n) is 2.97. The molecule has 0 saturated carbocycles. The van der Waals surface area contributed by atoms with Crippen LogP contribution in [0.4, 0.5) is 0 Å². The van der Waals surface area contributed by atoms with Crippen molar-refractivity contribution in [2.45, 2.75) is 6.61 Å². The Bertz CT molecular complexity index is 380. The number of hydrogen-bond acceptors (Lipinski definition) is 3. The van der Waals surface area contributed by atoms with E-state index >= 15 is 0 Å². The number of methoxy groups -OCH3 is 1. The first-order chi connectivity index (χ1) is 6.90. The van der Waals surface area contributed by atoms with Crippen molar-refractivity contribution >= 4 is 11.3 Å². The first-order valence-electron chi connectivity index (χ1n) is 4.38. The molecule has 2 aromatic rings. The van der Waals surface area contributed by atoms with Crippen molar-refractivity contribution in [3.8, 4) is 10.6 Å². The molecule has 2 rings (SSSR count). The Morgan fingerprint density at radius 1 is 1.29 bits per heavy atom. The van der Waals surface area contributed by atoms with Crippen LogP contribution in [0.25, 0.3) is 10.6 Å². The Morgan fingerprint density at radius 3 is 2.64 bits per heavy atom. The van der Waals surface area contributed by atoms with E-state index < -0.39 is 0 Å². The van der Waals surface area contributed by atoms with Crippen LogP contribution in [0.1, 0.15) is 5.56 Å². The van der Waals surface area contributed by atoms with E-state index in [1.54, 1.807) is 18.4 Å². The molecular formula is C11H11NOS. The zero-order valence-electron chi connectivity index (χ0n) is 7.93. The minimum atomic E-state index is 0.665. The monoisotopic (exact) mass is 205 g/mol. The van der Waals surface area contributed by atoms with E-state index in [-0.39, 0.29) is 0 Å². The third-order valence-electron chi connectivity index (χ3n) is 1.94. The van der Waals surface area contributed by atoms with Crippen LogP contribution < -0.4 is 0 Å². The van der Waals surface area contributed by atoms with Gasteiger partial charge in [0.25, 0.3) is 0 Å². The van der Waals surface area contributed by atoms with Crippen molar-refractivity contribution in [3.05, 3.63) is 41.4 Å². The summed E-state index contributed by atoms with van der Waals surface area (Å²) >= 11 is 1.65. The lowest BCUT2D eigenvalue weighted by Gasteiger charge is -2.00. The third kappa shape index (κ3) is 2.00. The van der Waals surface area contributed by atoms with Gasteiger partial charge in [0.2, 0.25) is 0 Å². The number of thiazole rings is 1. The molecule has 0 bridgehead atoms. The van der Waals surface area contributed by atoms with Crippen molar-refractivity contribution < 1.29 is 4.74 Å². The predicted molar refractivity (Wildman–Crippen MR) is 58.3 cm³/mol. The summed E-state index contributed by atoms with van der Waals surface area (Å²) in [5, 5.41) is 3.05. The minimum absolute atomic E-state index is 0.665. The molecule has 0 saturated heterocycles. The van der Waals surface area contributed by atoms with Crippen LogP contribution in [-0.2, 0) is 11.3 Å². The van der Waals surface area contributed by atoms with Crippen molar-refractivity contribution in [1.29, 1.82) is 0 Å². The van der Waals surface area contributed by atoms with Crippen molar-refractivity contribution in [2.24, 2.45) is 0 Å². The lowest BCUT2D eigenvalue weighted by atomic mass is 10.1. The van der Waals surface area contributed by atoms with E-state index in [1.165, 1.54) is 11.1 Å². The lowest BCUT2D eigenvalue weighted by Crippen LogP contribution is -1.86. The Morgan fingerprint density at radius 2 is 2.07 bits per heavy atom. The molecule has 2 nitrogen and oxygen atoms in total. The topological polar surface area (TPSA) is 22.1 Å². The molecule has 0 fully saturated rings. The molecular weight excluding hydrogens is 194 g/mol. The zero-order valence-corrected chi connectivity index (χ0v) is 8.75. The highest BCUT2D eigenvalue weighted by Crippen LogP contribution is 2.21. The molecule has 0 aliphatic heterocycles. The van der Waals surface area contributed by atoms with Gasteiger partial charge in [0, 0.05) is 24.3 Å². The fraction of sp³-hybridized carbons (Fsp3) is 0.182. The molecule has 0 N–H and O–H groups in total. The molecule has 0 unspecified atom stereocenters. The van der Waals surface area contributed by atoms with Gasteiger partial charge in [-0.15, -0.1) is 11.3 Å². The standard InChI is InChI=1S/C11H11NOS/c1-13-8-9-2-4-10(5-3-9)11-12-6-7-14-11/h2-7H,8H2,1H3. The van der Waals surface area contributed by atoms with E-state index in [4.69, 9.17) is 4.74 Å². The number of rotatable bonds is 3. The summed E-state index contributed by atoms with van der Waals surface area (Å²) in [7, 11) is 1.70. The highest BCUT2D eigenvalue weighted by Gasteiger charge is 1.99. The molecule has 0 radical (unpaired) electrons. The van der Waals surface area contributed by atoms with Gasteiger partial charge in [-0.2, -0.15) is 0 Å². The average Bonchev–Trinajstić information content (AvgIpc) is 2.72. The maximum absolute atomic E-state index is 5.05. The second kappa shape index (κ2) is 4.35. The Hall–Kier alpha value is -1.19. The summed E-state index contributed by atoms with van der Waals surface area (Å²) < 4.78 is 5.05. The summed E-state index contributed by atoms with van der Waals surface area (Å²) in [6.07, 6.45) is 1.82. The summed E-state index contributed by atoms with van der Waals surface area (Å²) in [5.74, 6) is 0. The molecule has 0 spiro atoms. The molecule has 14 heavy (non-hydrogen) atoms. The van der Waals surface area contributed by atoms with Crippen molar-refractivity contribution in [3.63, 3.8) is 0 Å². The summed E-state index contributed by atoms with van der Waals surface area (Å²) in [4.78, 5) is 4.25. The number of hydrogen-bond donors (Lipinski definition) is 0. The Balaban J connectivity index is 2.22.